The first-order valence-electron chi connectivity index (χ1n) is 7.23. The van der Waals surface area contributed by atoms with Crippen molar-refractivity contribution in [3.05, 3.63) is 24.3 Å². The molecule has 0 saturated carbocycles. The highest BCUT2D eigenvalue weighted by Gasteiger charge is 2.31. The predicted molar refractivity (Wildman–Crippen MR) is 84.8 cm³/mol. The van der Waals surface area contributed by atoms with Gasteiger partial charge in [-0.2, -0.15) is 0 Å². The fourth-order valence-corrected chi connectivity index (χ4v) is 2.65. The molecule has 0 aromatic heterocycles. The summed E-state index contributed by atoms with van der Waals surface area (Å²) >= 11 is 0. The lowest BCUT2D eigenvalue weighted by Crippen LogP contribution is -2.46. The van der Waals surface area contributed by atoms with Crippen molar-refractivity contribution in [3.63, 3.8) is 0 Å². The van der Waals surface area contributed by atoms with Gasteiger partial charge in [-0.3, -0.25) is 0 Å². The van der Waals surface area contributed by atoms with E-state index in [4.69, 9.17) is 9.84 Å². The van der Waals surface area contributed by atoms with Gasteiger partial charge in [-0.15, -0.1) is 0 Å². The lowest BCUT2D eigenvalue weighted by molar-refractivity contribution is -0.155. The van der Waals surface area contributed by atoms with Crippen molar-refractivity contribution in [1.29, 1.82) is 0 Å². The number of benzene rings is 1. The van der Waals surface area contributed by atoms with Gasteiger partial charge < -0.3 is 14.9 Å². The number of carboxylic acid groups (broad SMARTS) is 1. The maximum absolute atomic E-state index is 12.1. The van der Waals surface area contributed by atoms with Crippen LogP contribution in [0.5, 0.6) is 5.75 Å². The molecule has 1 aromatic rings. The van der Waals surface area contributed by atoms with Gasteiger partial charge in [0.1, 0.15) is 5.75 Å². The number of hydrogen-bond donors (Lipinski definition) is 3. The van der Waals surface area contributed by atoms with Gasteiger partial charge in [-0.05, 0) is 43.5 Å². The van der Waals surface area contributed by atoms with E-state index >= 15 is 0 Å². The van der Waals surface area contributed by atoms with E-state index in [-0.39, 0.29) is 4.90 Å². The largest absolute Gasteiger partial charge is 0.494 e. The highest BCUT2D eigenvalue weighted by Crippen LogP contribution is 2.17. The fourth-order valence-electron chi connectivity index (χ4n) is 1.52. The Morgan fingerprint density at radius 1 is 1.30 bits per heavy atom. The lowest BCUT2D eigenvalue weighted by atomic mass is 10.1. The Balaban J connectivity index is 2.69. The summed E-state index contributed by atoms with van der Waals surface area (Å²) in [5.41, 5.74) is -2.17. The van der Waals surface area contributed by atoms with Crippen LogP contribution in [0, 0.1) is 5.92 Å². The van der Waals surface area contributed by atoms with E-state index in [1.54, 1.807) is 0 Å². The highest BCUT2D eigenvalue weighted by atomic mass is 32.2. The van der Waals surface area contributed by atoms with Crippen LogP contribution in [0.1, 0.15) is 27.2 Å². The monoisotopic (exact) mass is 345 g/mol. The van der Waals surface area contributed by atoms with Crippen LogP contribution in [0.25, 0.3) is 0 Å². The third-order valence-electron chi connectivity index (χ3n) is 3.17. The second-order valence-corrected chi connectivity index (χ2v) is 7.67. The molecule has 0 aliphatic rings. The Kier molecular flexibility index (Phi) is 6.55. The molecule has 8 heteroatoms. The molecule has 1 rings (SSSR count). The summed E-state index contributed by atoms with van der Waals surface area (Å²) in [6, 6.07) is 5.79. The maximum atomic E-state index is 12.1. The maximum Gasteiger partial charge on any atom is 0.336 e. The molecule has 0 saturated heterocycles. The van der Waals surface area contributed by atoms with Crippen molar-refractivity contribution in [2.24, 2.45) is 5.92 Å². The van der Waals surface area contributed by atoms with Crippen molar-refractivity contribution in [1.82, 2.24) is 4.72 Å². The molecule has 0 heterocycles. The van der Waals surface area contributed by atoms with Crippen LogP contribution in [0.15, 0.2) is 29.2 Å². The molecule has 0 bridgehead atoms. The van der Waals surface area contributed by atoms with Crippen LogP contribution in [0.4, 0.5) is 0 Å². The molecule has 0 aliphatic carbocycles. The smallest absolute Gasteiger partial charge is 0.336 e. The van der Waals surface area contributed by atoms with E-state index in [0.717, 1.165) is 13.3 Å². The summed E-state index contributed by atoms with van der Waals surface area (Å²) in [7, 11) is -3.91. The van der Waals surface area contributed by atoms with Crippen molar-refractivity contribution >= 4 is 16.0 Å². The summed E-state index contributed by atoms with van der Waals surface area (Å²) < 4.78 is 31.7. The number of carbonyl (C=O) groups is 1. The first-order valence-corrected chi connectivity index (χ1v) is 8.71. The summed E-state index contributed by atoms with van der Waals surface area (Å²) in [5, 5.41) is 18.3. The van der Waals surface area contributed by atoms with E-state index in [0.29, 0.717) is 18.3 Å². The number of aliphatic hydroxyl groups is 1. The Morgan fingerprint density at radius 3 is 2.35 bits per heavy atom. The second-order valence-electron chi connectivity index (χ2n) is 5.91. The van der Waals surface area contributed by atoms with Gasteiger partial charge in [0.25, 0.3) is 0 Å². The summed E-state index contributed by atoms with van der Waals surface area (Å²) in [6.07, 6.45) is 0.895. The lowest BCUT2D eigenvalue weighted by Gasteiger charge is -2.18. The highest BCUT2D eigenvalue weighted by molar-refractivity contribution is 7.89. The number of nitrogens with one attached hydrogen (secondary N) is 1. The standard InChI is InChI=1S/C15H23NO6S/c1-11(2)8-9-22-12-4-6-13(7-5-12)23(20,21)16-10-15(3,19)14(17)18/h4-7,11,16,19H,8-10H2,1-3H3,(H,17,18). The van der Waals surface area contributed by atoms with E-state index < -0.39 is 28.1 Å². The topological polar surface area (TPSA) is 113 Å². The Labute approximate surface area is 136 Å². The zero-order valence-corrected chi connectivity index (χ0v) is 14.3. The van der Waals surface area contributed by atoms with Crippen LogP contribution in [-0.2, 0) is 14.8 Å². The van der Waals surface area contributed by atoms with E-state index in [1.165, 1.54) is 24.3 Å². The van der Waals surface area contributed by atoms with Crippen LogP contribution in [-0.4, -0.2) is 43.4 Å². The minimum absolute atomic E-state index is 0.0325. The molecule has 130 valence electrons. The molecular formula is C15H23NO6S. The molecule has 0 aliphatic heterocycles. The second kappa shape index (κ2) is 7.76. The van der Waals surface area contributed by atoms with Gasteiger partial charge in [-0.1, -0.05) is 13.8 Å². The first-order chi connectivity index (χ1) is 10.5. The molecule has 23 heavy (non-hydrogen) atoms. The molecular weight excluding hydrogens is 322 g/mol. The Hall–Kier alpha value is -1.64. The number of sulfonamides is 1. The number of ether oxygens (including phenoxy) is 1. The zero-order chi connectivity index (χ0) is 17.7. The van der Waals surface area contributed by atoms with Gasteiger partial charge in [-0.25, -0.2) is 17.9 Å². The minimum Gasteiger partial charge on any atom is -0.494 e. The van der Waals surface area contributed by atoms with Crippen LogP contribution in [0.2, 0.25) is 0 Å². The van der Waals surface area contributed by atoms with Crippen LogP contribution >= 0.6 is 0 Å². The zero-order valence-electron chi connectivity index (χ0n) is 13.4. The van der Waals surface area contributed by atoms with Crippen LogP contribution in [0.3, 0.4) is 0 Å². The molecule has 0 spiro atoms. The fraction of sp³-hybridized carbons (Fsp3) is 0.533. The molecule has 1 aromatic carbocycles. The van der Waals surface area contributed by atoms with Gasteiger partial charge in [0.05, 0.1) is 18.0 Å². The molecule has 0 radical (unpaired) electrons. The summed E-state index contributed by atoms with van der Waals surface area (Å²) in [5.74, 6) is -0.433. The van der Waals surface area contributed by atoms with E-state index in [9.17, 15) is 18.3 Å². The number of hydrogen-bond acceptors (Lipinski definition) is 5. The van der Waals surface area contributed by atoms with Crippen molar-refractivity contribution < 1.29 is 28.2 Å². The average molecular weight is 345 g/mol. The summed E-state index contributed by atoms with van der Waals surface area (Å²) in [4.78, 5) is 10.7. The van der Waals surface area contributed by atoms with E-state index in [1.807, 2.05) is 0 Å². The molecule has 7 nitrogen and oxygen atoms in total. The molecule has 1 atom stereocenters. The summed E-state index contributed by atoms with van der Waals surface area (Å²) in [6.45, 7) is 5.10. The number of aliphatic carboxylic acids is 1. The molecule has 0 fully saturated rings. The van der Waals surface area contributed by atoms with Crippen molar-refractivity contribution in [2.45, 2.75) is 37.7 Å². The van der Waals surface area contributed by atoms with Crippen LogP contribution < -0.4 is 9.46 Å². The molecule has 0 amide bonds. The van der Waals surface area contributed by atoms with Gasteiger partial charge in [0.2, 0.25) is 10.0 Å². The normalized spacial score (nSPS) is 14.5. The number of rotatable bonds is 9. The minimum atomic E-state index is -3.91. The molecule has 1 unspecified atom stereocenters. The van der Waals surface area contributed by atoms with Gasteiger partial charge in [0.15, 0.2) is 5.60 Å². The number of carboxylic acids is 1. The van der Waals surface area contributed by atoms with Crippen molar-refractivity contribution in [2.75, 3.05) is 13.2 Å². The third kappa shape index (κ3) is 6.17. The SMILES string of the molecule is CC(C)CCOc1ccc(S(=O)(=O)NCC(C)(O)C(=O)O)cc1. The third-order valence-corrected chi connectivity index (χ3v) is 4.58. The first kappa shape index (κ1) is 19.4. The van der Waals surface area contributed by atoms with Crippen molar-refractivity contribution in [3.8, 4) is 5.75 Å². The predicted octanol–water partition coefficient (Wildman–Crippen LogP) is 1.23. The average Bonchev–Trinajstić information content (AvgIpc) is 2.45. The van der Waals surface area contributed by atoms with E-state index in [2.05, 4.69) is 18.6 Å². The Morgan fingerprint density at radius 2 is 1.87 bits per heavy atom. The molecule has 3 N–H and O–H groups in total. The van der Waals surface area contributed by atoms with Gasteiger partial charge in [0, 0.05) is 0 Å². The quantitative estimate of drug-likeness (QED) is 0.620. The van der Waals surface area contributed by atoms with Gasteiger partial charge >= 0.3 is 5.97 Å². The Bertz CT molecular complexity index is 622.